The van der Waals surface area contributed by atoms with Gasteiger partial charge in [0.25, 0.3) is 0 Å². The summed E-state index contributed by atoms with van der Waals surface area (Å²) >= 11 is 0. The van der Waals surface area contributed by atoms with Crippen molar-refractivity contribution in [2.24, 2.45) is 0 Å². The summed E-state index contributed by atoms with van der Waals surface area (Å²) in [6.07, 6.45) is 10.6. The van der Waals surface area contributed by atoms with Crippen LogP contribution in [-0.4, -0.2) is 24.4 Å². The van der Waals surface area contributed by atoms with Gasteiger partial charge in [-0.05, 0) is 25.8 Å². The van der Waals surface area contributed by atoms with Crippen molar-refractivity contribution in [3.8, 4) is 0 Å². The second kappa shape index (κ2) is 5.79. The van der Waals surface area contributed by atoms with Crippen LogP contribution in [0.25, 0.3) is 0 Å². The minimum atomic E-state index is -0.538. The molecule has 3 rings (SSSR count). The molecule has 1 saturated carbocycles. The van der Waals surface area contributed by atoms with E-state index < -0.39 is 6.10 Å². The molecule has 0 radical (unpaired) electrons. The van der Waals surface area contributed by atoms with Crippen molar-refractivity contribution >= 4 is 0 Å². The van der Waals surface area contributed by atoms with E-state index in [-0.39, 0.29) is 0 Å². The predicted octanol–water partition coefficient (Wildman–Crippen LogP) is 2.49. The first-order chi connectivity index (χ1) is 9.78. The van der Waals surface area contributed by atoms with E-state index >= 15 is 0 Å². The molecule has 0 saturated heterocycles. The Bertz CT molecular complexity index is 554. The summed E-state index contributed by atoms with van der Waals surface area (Å²) < 4.78 is 4.05. The van der Waals surface area contributed by atoms with Gasteiger partial charge in [0.2, 0.25) is 0 Å². The van der Waals surface area contributed by atoms with Crippen molar-refractivity contribution in [2.45, 2.75) is 57.7 Å². The van der Waals surface area contributed by atoms with Gasteiger partial charge in [-0.25, -0.2) is 4.98 Å². The number of aromatic nitrogens is 4. The molecule has 1 unspecified atom stereocenters. The third kappa shape index (κ3) is 2.63. The largest absolute Gasteiger partial charge is 0.386 e. The van der Waals surface area contributed by atoms with Crippen molar-refractivity contribution in [3.05, 3.63) is 36.2 Å². The summed E-state index contributed by atoms with van der Waals surface area (Å²) in [6.45, 7) is 2.87. The Hall–Kier alpha value is -1.62. The summed E-state index contributed by atoms with van der Waals surface area (Å²) in [5, 5.41) is 15.0. The van der Waals surface area contributed by atoms with Crippen molar-refractivity contribution in [2.75, 3.05) is 0 Å². The number of rotatable bonds is 5. The van der Waals surface area contributed by atoms with E-state index in [1.807, 2.05) is 17.6 Å². The fraction of sp³-hybridized carbons (Fsp3) is 0.600. The van der Waals surface area contributed by atoms with Crippen LogP contribution < -0.4 is 0 Å². The summed E-state index contributed by atoms with van der Waals surface area (Å²) in [5.41, 5.74) is 1.82. The maximum absolute atomic E-state index is 10.3. The summed E-state index contributed by atoms with van der Waals surface area (Å²) in [5.74, 6) is 0. The van der Waals surface area contributed by atoms with Crippen LogP contribution in [0.3, 0.4) is 0 Å². The highest BCUT2D eigenvalue weighted by Gasteiger charge is 2.19. The highest BCUT2D eigenvalue weighted by atomic mass is 16.3. The van der Waals surface area contributed by atoms with E-state index in [9.17, 15) is 5.11 Å². The Kier molecular flexibility index (Phi) is 3.87. The van der Waals surface area contributed by atoms with E-state index in [1.54, 1.807) is 12.5 Å². The number of nitrogens with zero attached hydrogens (tertiary/aromatic N) is 4. The van der Waals surface area contributed by atoms with Gasteiger partial charge in [-0.15, -0.1) is 0 Å². The van der Waals surface area contributed by atoms with Crippen molar-refractivity contribution < 1.29 is 5.11 Å². The third-order valence-electron chi connectivity index (χ3n) is 4.19. The van der Waals surface area contributed by atoms with Crippen LogP contribution >= 0.6 is 0 Å². The van der Waals surface area contributed by atoms with Crippen LogP contribution in [-0.2, 0) is 13.0 Å². The summed E-state index contributed by atoms with van der Waals surface area (Å²) in [7, 11) is 0. The zero-order valence-corrected chi connectivity index (χ0v) is 11.9. The highest BCUT2D eigenvalue weighted by Crippen LogP contribution is 2.29. The first-order valence-electron chi connectivity index (χ1n) is 7.50. The van der Waals surface area contributed by atoms with Crippen molar-refractivity contribution in [1.82, 2.24) is 19.3 Å². The standard InChI is InChI=1S/C15H22N4O/c1-2-18-11-16-10-14(18)15(20)9-12-7-8-19(17-12)13-5-3-4-6-13/h7-8,10-11,13,15,20H,2-6,9H2,1H3. The molecule has 5 nitrogen and oxygen atoms in total. The van der Waals surface area contributed by atoms with Crippen molar-refractivity contribution in [1.29, 1.82) is 0 Å². The molecule has 0 amide bonds. The van der Waals surface area contributed by atoms with Gasteiger partial charge in [-0.1, -0.05) is 12.8 Å². The number of hydrogen-bond acceptors (Lipinski definition) is 3. The van der Waals surface area contributed by atoms with Crippen LogP contribution in [0.4, 0.5) is 0 Å². The molecule has 0 spiro atoms. The molecule has 108 valence electrons. The Morgan fingerprint density at radius 1 is 1.40 bits per heavy atom. The fourth-order valence-corrected chi connectivity index (χ4v) is 3.03. The van der Waals surface area contributed by atoms with Crippen molar-refractivity contribution in [3.63, 3.8) is 0 Å². The number of aliphatic hydroxyl groups is 1. The second-order valence-corrected chi connectivity index (χ2v) is 5.55. The van der Waals surface area contributed by atoms with Crippen LogP contribution in [0.15, 0.2) is 24.8 Å². The Morgan fingerprint density at radius 3 is 2.95 bits per heavy atom. The minimum Gasteiger partial charge on any atom is -0.386 e. The third-order valence-corrected chi connectivity index (χ3v) is 4.19. The van der Waals surface area contributed by atoms with E-state index in [2.05, 4.69) is 21.0 Å². The van der Waals surface area contributed by atoms with E-state index in [0.29, 0.717) is 12.5 Å². The van der Waals surface area contributed by atoms with E-state index in [4.69, 9.17) is 0 Å². The SMILES string of the molecule is CCn1cncc1C(O)Cc1ccn(C2CCCC2)n1. The molecule has 0 aromatic carbocycles. The lowest BCUT2D eigenvalue weighted by atomic mass is 10.1. The average Bonchev–Trinajstić information content (AvgIpc) is 3.19. The number of imidazole rings is 1. The quantitative estimate of drug-likeness (QED) is 0.911. The monoisotopic (exact) mass is 274 g/mol. The van der Waals surface area contributed by atoms with Crippen LogP contribution in [0, 0.1) is 0 Å². The molecule has 20 heavy (non-hydrogen) atoms. The molecule has 1 aliphatic carbocycles. The molecule has 2 aromatic rings. The number of hydrogen-bond donors (Lipinski definition) is 1. The predicted molar refractivity (Wildman–Crippen MR) is 76.3 cm³/mol. The summed E-state index contributed by atoms with van der Waals surface area (Å²) in [6, 6.07) is 2.58. The number of aliphatic hydroxyl groups excluding tert-OH is 1. The average molecular weight is 274 g/mol. The highest BCUT2D eigenvalue weighted by molar-refractivity contribution is 5.09. The number of aryl methyl sites for hydroxylation is 1. The van der Waals surface area contributed by atoms with Gasteiger partial charge in [-0.2, -0.15) is 5.10 Å². The van der Waals surface area contributed by atoms with Crippen LogP contribution in [0.5, 0.6) is 0 Å². The van der Waals surface area contributed by atoms with Gasteiger partial charge < -0.3 is 9.67 Å². The van der Waals surface area contributed by atoms with Gasteiger partial charge in [0.05, 0.1) is 30.0 Å². The molecule has 1 fully saturated rings. The molecular formula is C15H22N4O. The maximum Gasteiger partial charge on any atom is 0.101 e. The van der Waals surface area contributed by atoms with Gasteiger partial charge in [0, 0.05) is 19.2 Å². The Balaban J connectivity index is 1.68. The molecule has 1 aliphatic rings. The molecule has 0 aliphatic heterocycles. The topological polar surface area (TPSA) is 55.9 Å². The normalized spacial score (nSPS) is 17.7. The molecule has 1 atom stereocenters. The van der Waals surface area contributed by atoms with Gasteiger partial charge in [-0.3, -0.25) is 4.68 Å². The molecule has 1 N–H and O–H groups in total. The zero-order valence-electron chi connectivity index (χ0n) is 11.9. The lowest BCUT2D eigenvalue weighted by Crippen LogP contribution is -2.10. The second-order valence-electron chi connectivity index (χ2n) is 5.55. The zero-order chi connectivity index (χ0) is 13.9. The van der Waals surface area contributed by atoms with E-state index in [1.165, 1.54) is 25.7 Å². The van der Waals surface area contributed by atoms with Gasteiger partial charge in [0.1, 0.15) is 6.10 Å². The van der Waals surface area contributed by atoms with Gasteiger partial charge in [0.15, 0.2) is 0 Å². The van der Waals surface area contributed by atoms with Crippen LogP contribution in [0.2, 0.25) is 0 Å². The molecule has 5 heteroatoms. The summed E-state index contributed by atoms with van der Waals surface area (Å²) in [4.78, 5) is 4.10. The molecule has 2 aromatic heterocycles. The molecule has 0 bridgehead atoms. The lowest BCUT2D eigenvalue weighted by Gasteiger charge is -2.12. The first kappa shape index (κ1) is 13.4. The fourth-order valence-electron chi connectivity index (χ4n) is 3.03. The Labute approximate surface area is 119 Å². The lowest BCUT2D eigenvalue weighted by molar-refractivity contribution is 0.167. The Morgan fingerprint density at radius 2 is 2.20 bits per heavy atom. The van der Waals surface area contributed by atoms with Crippen LogP contribution in [0.1, 0.15) is 56.1 Å². The molecule has 2 heterocycles. The van der Waals surface area contributed by atoms with E-state index in [0.717, 1.165) is 17.9 Å². The minimum absolute atomic E-state index is 0.538. The maximum atomic E-state index is 10.3. The van der Waals surface area contributed by atoms with Gasteiger partial charge >= 0.3 is 0 Å². The smallest absolute Gasteiger partial charge is 0.101 e. The molecular weight excluding hydrogens is 252 g/mol. The first-order valence-corrected chi connectivity index (χ1v) is 7.50.